The second-order valence-electron chi connectivity index (χ2n) is 8.08. The van der Waals surface area contributed by atoms with Gasteiger partial charge in [-0.05, 0) is 80.1 Å². The van der Waals surface area contributed by atoms with Crippen molar-refractivity contribution >= 4 is 29.4 Å². The minimum Gasteiger partial charge on any atom is -0.490 e. The highest BCUT2D eigenvalue weighted by molar-refractivity contribution is 6.30. The normalized spacial score (nSPS) is 17.6. The smallest absolute Gasteiger partial charge is 0.305 e. The Morgan fingerprint density at radius 3 is 1.88 bits per heavy atom. The number of hydrogen-bond donors (Lipinski definition) is 2. The maximum absolute atomic E-state index is 12.3. The first kappa shape index (κ1) is 24.6. The van der Waals surface area contributed by atoms with Gasteiger partial charge >= 0.3 is 5.97 Å². The summed E-state index contributed by atoms with van der Waals surface area (Å²) < 4.78 is 10.8. The van der Waals surface area contributed by atoms with Crippen molar-refractivity contribution in [2.45, 2.75) is 38.2 Å². The molecule has 8 heteroatoms. The number of benzene rings is 2. The van der Waals surface area contributed by atoms with Gasteiger partial charge in [-0.25, -0.2) is 0 Å². The molecular weight excluding hydrogens is 444 g/mol. The summed E-state index contributed by atoms with van der Waals surface area (Å²) in [7, 11) is 1.42. The number of halogens is 1. The highest BCUT2D eigenvalue weighted by Gasteiger charge is 2.24. The van der Waals surface area contributed by atoms with E-state index in [1.807, 2.05) is 0 Å². The van der Waals surface area contributed by atoms with Crippen molar-refractivity contribution in [3.8, 4) is 5.75 Å². The highest BCUT2D eigenvalue weighted by atomic mass is 35.5. The van der Waals surface area contributed by atoms with E-state index in [-0.39, 0.29) is 23.9 Å². The van der Waals surface area contributed by atoms with Crippen LogP contribution in [0.5, 0.6) is 5.75 Å². The zero-order chi connectivity index (χ0) is 23.6. The minimum atomic E-state index is -0.221. The fraction of sp³-hybridized carbons (Fsp3) is 0.400. The molecule has 1 fully saturated rings. The lowest BCUT2D eigenvalue weighted by molar-refractivity contribution is -0.142. The van der Waals surface area contributed by atoms with Crippen LogP contribution in [0.1, 0.15) is 52.8 Å². The molecule has 2 amide bonds. The summed E-state index contributed by atoms with van der Waals surface area (Å²) in [6.07, 6.45) is 4.25. The zero-order valence-corrected chi connectivity index (χ0v) is 19.4. The molecule has 1 aliphatic rings. The van der Waals surface area contributed by atoms with Crippen molar-refractivity contribution < 1.29 is 23.9 Å². The fourth-order valence-corrected chi connectivity index (χ4v) is 3.93. The van der Waals surface area contributed by atoms with Crippen LogP contribution in [0.3, 0.4) is 0 Å². The molecule has 0 spiro atoms. The SMILES string of the molecule is COC(=O)C[C@H]1CC[C@H](Oc2ccc(C(=O)NCCNC(=O)c3ccc(Cl)cc3)cc2)CC1. The monoisotopic (exact) mass is 472 g/mol. The van der Waals surface area contributed by atoms with Crippen molar-refractivity contribution in [3.63, 3.8) is 0 Å². The molecule has 2 N–H and O–H groups in total. The van der Waals surface area contributed by atoms with E-state index >= 15 is 0 Å². The third kappa shape index (κ3) is 7.79. The molecule has 0 saturated heterocycles. The van der Waals surface area contributed by atoms with E-state index < -0.39 is 0 Å². The molecule has 0 radical (unpaired) electrons. The first-order chi connectivity index (χ1) is 15.9. The number of methoxy groups -OCH3 is 1. The largest absolute Gasteiger partial charge is 0.490 e. The van der Waals surface area contributed by atoms with Crippen LogP contribution in [-0.4, -0.2) is 44.1 Å². The predicted molar refractivity (Wildman–Crippen MR) is 126 cm³/mol. The first-order valence-corrected chi connectivity index (χ1v) is 11.5. The van der Waals surface area contributed by atoms with Gasteiger partial charge < -0.3 is 20.1 Å². The number of rotatable bonds is 9. The van der Waals surface area contributed by atoms with Crippen LogP contribution < -0.4 is 15.4 Å². The van der Waals surface area contributed by atoms with Crippen LogP contribution >= 0.6 is 11.6 Å². The maximum atomic E-state index is 12.3. The summed E-state index contributed by atoms with van der Waals surface area (Å²) in [4.78, 5) is 35.8. The number of hydrogen-bond acceptors (Lipinski definition) is 5. The van der Waals surface area contributed by atoms with Gasteiger partial charge in [0.05, 0.1) is 13.2 Å². The van der Waals surface area contributed by atoms with Crippen LogP contribution in [0.4, 0.5) is 0 Å². The molecule has 1 aliphatic carbocycles. The predicted octanol–water partition coefficient (Wildman–Crippen LogP) is 4.00. The summed E-state index contributed by atoms with van der Waals surface area (Å²) in [5.41, 5.74) is 1.03. The van der Waals surface area contributed by atoms with E-state index in [0.29, 0.717) is 41.6 Å². The quantitative estimate of drug-likeness (QED) is 0.425. The summed E-state index contributed by atoms with van der Waals surface area (Å²) in [6.45, 7) is 0.623. The molecule has 0 aliphatic heterocycles. The number of esters is 1. The number of carbonyl (C=O) groups is 3. The molecule has 0 bridgehead atoms. The minimum absolute atomic E-state index is 0.114. The van der Waals surface area contributed by atoms with Crippen molar-refractivity contribution in [2.24, 2.45) is 5.92 Å². The van der Waals surface area contributed by atoms with Crippen molar-refractivity contribution in [1.29, 1.82) is 0 Å². The van der Waals surface area contributed by atoms with Crippen LogP contribution in [0, 0.1) is 5.92 Å². The molecule has 3 rings (SSSR count). The lowest BCUT2D eigenvalue weighted by Crippen LogP contribution is -2.34. The van der Waals surface area contributed by atoms with Crippen LogP contribution in [0.2, 0.25) is 5.02 Å². The van der Waals surface area contributed by atoms with Crippen molar-refractivity contribution in [1.82, 2.24) is 10.6 Å². The van der Waals surface area contributed by atoms with Crippen LogP contribution in [-0.2, 0) is 9.53 Å². The first-order valence-electron chi connectivity index (χ1n) is 11.1. The third-order valence-electron chi connectivity index (χ3n) is 5.70. The fourth-order valence-electron chi connectivity index (χ4n) is 3.81. The van der Waals surface area contributed by atoms with Gasteiger partial charge in [-0.2, -0.15) is 0 Å². The number of nitrogens with one attached hydrogen (secondary N) is 2. The van der Waals surface area contributed by atoms with Gasteiger partial charge in [0.15, 0.2) is 0 Å². The Bertz CT molecular complexity index is 938. The lowest BCUT2D eigenvalue weighted by atomic mass is 9.85. The van der Waals surface area contributed by atoms with E-state index in [0.717, 1.165) is 31.4 Å². The molecule has 2 aromatic rings. The Labute approximate surface area is 198 Å². The Morgan fingerprint density at radius 1 is 0.848 bits per heavy atom. The molecule has 0 atom stereocenters. The molecule has 1 saturated carbocycles. The van der Waals surface area contributed by atoms with Crippen LogP contribution in [0.25, 0.3) is 0 Å². The average molecular weight is 473 g/mol. The Hall–Kier alpha value is -3.06. The number of ether oxygens (including phenoxy) is 2. The third-order valence-corrected chi connectivity index (χ3v) is 5.95. The second kappa shape index (κ2) is 12.3. The van der Waals surface area contributed by atoms with E-state index in [1.165, 1.54) is 7.11 Å². The van der Waals surface area contributed by atoms with E-state index in [4.69, 9.17) is 21.1 Å². The number of amides is 2. The van der Waals surface area contributed by atoms with Gasteiger partial charge in [-0.3, -0.25) is 14.4 Å². The van der Waals surface area contributed by atoms with E-state index in [2.05, 4.69) is 10.6 Å². The molecule has 0 unspecified atom stereocenters. The van der Waals surface area contributed by atoms with E-state index in [9.17, 15) is 14.4 Å². The standard InChI is InChI=1S/C25H29ClN2O5/c1-32-23(29)16-17-2-10-21(11-3-17)33-22-12-6-19(7-13-22)25(31)28-15-14-27-24(30)18-4-8-20(26)9-5-18/h4-9,12-13,17,21H,2-3,10-11,14-16H2,1H3,(H,27,30)(H,28,31)/t17-,21-. The van der Waals surface area contributed by atoms with Crippen molar-refractivity contribution in [3.05, 3.63) is 64.7 Å². The molecular formula is C25H29ClN2O5. The maximum Gasteiger partial charge on any atom is 0.305 e. The summed E-state index contributed by atoms with van der Waals surface area (Å²) in [5, 5.41) is 6.11. The molecule has 176 valence electrons. The van der Waals surface area contributed by atoms with Gasteiger partial charge in [-0.1, -0.05) is 11.6 Å². The molecule has 0 aromatic heterocycles. The highest BCUT2D eigenvalue weighted by Crippen LogP contribution is 2.30. The summed E-state index contributed by atoms with van der Waals surface area (Å²) in [6, 6.07) is 13.6. The average Bonchev–Trinajstić information content (AvgIpc) is 2.83. The molecule has 0 heterocycles. The Morgan fingerprint density at radius 2 is 1.36 bits per heavy atom. The van der Waals surface area contributed by atoms with Gasteiger partial charge in [0.25, 0.3) is 11.8 Å². The lowest BCUT2D eigenvalue weighted by Gasteiger charge is -2.28. The van der Waals surface area contributed by atoms with Gasteiger partial charge in [0.1, 0.15) is 5.75 Å². The molecule has 33 heavy (non-hydrogen) atoms. The Kier molecular flexibility index (Phi) is 9.13. The van der Waals surface area contributed by atoms with Crippen LogP contribution in [0.15, 0.2) is 48.5 Å². The van der Waals surface area contributed by atoms with Gasteiger partial charge in [-0.15, -0.1) is 0 Å². The molecule has 7 nitrogen and oxygen atoms in total. The number of carbonyl (C=O) groups excluding carboxylic acids is 3. The van der Waals surface area contributed by atoms with Gasteiger partial charge in [0.2, 0.25) is 0 Å². The Balaban J connectivity index is 1.36. The zero-order valence-electron chi connectivity index (χ0n) is 18.6. The topological polar surface area (TPSA) is 93.7 Å². The van der Waals surface area contributed by atoms with Crippen molar-refractivity contribution in [2.75, 3.05) is 20.2 Å². The second-order valence-corrected chi connectivity index (χ2v) is 8.52. The van der Waals surface area contributed by atoms with E-state index in [1.54, 1.807) is 48.5 Å². The summed E-state index contributed by atoms with van der Waals surface area (Å²) >= 11 is 5.82. The van der Waals surface area contributed by atoms with Gasteiger partial charge in [0, 0.05) is 35.7 Å². The molecule has 2 aromatic carbocycles. The summed E-state index contributed by atoms with van der Waals surface area (Å²) in [5.74, 6) is 0.488.